The lowest BCUT2D eigenvalue weighted by Crippen LogP contribution is -2.42. The fraction of sp³-hybridized carbons (Fsp3) is 0.615. The van der Waals surface area contributed by atoms with Crippen molar-refractivity contribution < 1.29 is 0 Å². The average molecular weight is 286 g/mol. The van der Waals surface area contributed by atoms with Crippen molar-refractivity contribution in [3.8, 4) is 0 Å². The molecule has 2 rings (SSSR count). The van der Waals surface area contributed by atoms with E-state index in [1.165, 1.54) is 30.6 Å². The topological polar surface area (TPSA) is 36.4 Å². The van der Waals surface area contributed by atoms with Gasteiger partial charge in [-0.25, -0.2) is 0 Å². The molecule has 0 atom stereocenters. The quantitative estimate of drug-likeness (QED) is 0.659. The summed E-state index contributed by atoms with van der Waals surface area (Å²) in [4.78, 5) is 5.57. The lowest BCUT2D eigenvalue weighted by molar-refractivity contribution is 0.614. The zero-order valence-corrected chi connectivity index (χ0v) is 12.3. The zero-order chi connectivity index (χ0) is 12.8. The number of hydrogen-bond donors (Lipinski definition) is 2. The largest absolute Gasteiger partial charge is 0.356 e. The third-order valence-corrected chi connectivity index (χ3v) is 4.50. The molecule has 1 heterocycles. The van der Waals surface area contributed by atoms with Crippen LogP contribution in [0, 0.1) is 0 Å². The molecule has 0 bridgehead atoms. The molecule has 5 heteroatoms. The smallest absolute Gasteiger partial charge is 0.191 e. The van der Waals surface area contributed by atoms with Crippen LogP contribution in [-0.2, 0) is 6.42 Å². The van der Waals surface area contributed by atoms with Gasteiger partial charge in [-0.3, -0.25) is 4.99 Å². The van der Waals surface area contributed by atoms with Gasteiger partial charge in [0.15, 0.2) is 5.96 Å². The predicted molar refractivity (Wildman–Crippen MR) is 79.8 cm³/mol. The van der Waals surface area contributed by atoms with E-state index in [9.17, 15) is 0 Å². The maximum atomic E-state index is 5.90. The lowest BCUT2D eigenvalue weighted by atomic mass is 10.2. The Hall–Kier alpha value is -0.740. The zero-order valence-electron chi connectivity index (χ0n) is 10.7. The van der Waals surface area contributed by atoms with Gasteiger partial charge in [0.2, 0.25) is 0 Å². The maximum absolute atomic E-state index is 5.90. The Morgan fingerprint density at radius 3 is 2.83 bits per heavy atom. The molecule has 1 aromatic rings. The second kappa shape index (κ2) is 7.00. The Labute approximate surface area is 118 Å². The second-order valence-electron chi connectivity index (χ2n) is 4.58. The van der Waals surface area contributed by atoms with Gasteiger partial charge in [-0.15, -0.1) is 11.3 Å². The number of hydrogen-bond acceptors (Lipinski definition) is 2. The van der Waals surface area contributed by atoms with Gasteiger partial charge in [0.05, 0.1) is 4.34 Å². The number of guanidine groups is 1. The highest BCUT2D eigenvalue weighted by Crippen LogP contribution is 2.21. The Bertz CT molecular complexity index is 397. The van der Waals surface area contributed by atoms with Crippen LogP contribution in [0.1, 0.15) is 30.6 Å². The fourth-order valence-electron chi connectivity index (χ4n) is 2.25. The van der Waals surface area contributed by atoms with E-state index in [2.05, 4.69) is 21.7 Å². The molecule has 0 aromatic carbocycles. The molecule has 3 nitrogen and oxygen atoms in total. The van der Waals surface area contributed by atoms with Crippen molar-refractivity contribution in [1.29, 1.82) is 0 Å². The third-order valence-electron chi connectivity index (χ3n) is 3.21. The van der Waals surface area contributed by atoms with E-state index >= 15 is 0 Å². The van der Waals surface area contributed by atoms with Gasteiger partial charge in [-0.1, -0.05) is 24.4 Å². The summed E-state index contributed by atoms with van der Waals surface area (Å²) in [6.07, 6.45) is 6.19. The van der Waals surface area contributed by atoms with Crippen molar-refractivity contribution in [2.24, 2.45) is 4.99 Å². The number of halogens is 1. The van der Waals surface area contributed by atoms with Gasteiger partial charge in [-0.05, 0) is 31.4 Å². The number of nitrogens with one attached hydrogen (secondary N) is 2. The van der Waals surface area contributed by atoms with Crippen LogP contribution in [0.25, 0.3) is 0 Å². The van der Waals surface area contributed by atoms with Crippen LogP contribution in [0.4, 0.5) is 0 Å². The average Bonchev–Trinajstić information content (AvgIpc) is 3.00. The monoisotopic (exact) mass is 285 g/mol. The Balaban J connectivity index is 1.70. The minimum atomic E-state index is 0.604. The minimum absolute atomic E-state index is 0.604. The molecular formula is C13H20ClN3S. The van der Waals surface area contributed by atoms with Gasteiger partial charge < -0.3 is 10.6 Å². The van der Waals surface area contributed by atoms with Gasteiger partial charge >= 0.3 is 0 Å². The third kappa shape index (κ3) is 4.18. The van der Waals surface area contributed by atoms with Gasteiger partial charge in [0, 0.05) is 24.5 Å². The Morgan fingerprint density at radius 2 is 2.22 bits per heavy atom. The highest BCUT2D eigenvalue weighted by molar-refractivity contribution is 7.16. The van der Waals surface area contributed by atoms with Crippen LogP contribution in [0.15, 0.2) is 17.1 Å². The molecule has 2 N–H and O–H groups in total. The van der Waals surface area contributed by atoms with Crippen LogP contribution < -0.4 is 10.6 Å². The summed E-state index contributed by atoms with van der Waals surface area (Å²) in [5.74, 6) is 0.921. The SMILES string of the molecule is CN=C(NCCc1ccc(Cl)s1)NC1CCCC1. The number of aliphatic imine (C=N–C) groups is 1. The summed E-state index contributed by atoms with van der Waals surface area (Å²) < 4.78 is 0.860. The predicted octanol–water partition coefficient (Wildman–Crippen LogP) is 3.05. The normalized spacial score (nSPS) is 17.1. The van der Waals surface area contributed by atoms with E-state index in [0.29, 0.717) is 6.04 Å². The van der Waals surface area contributed by atoms with Crippen molar-refractivity contribution in [2.45, 2.75) is 38.1 Å². The highest BCUT2D eigenvalue weighted by atomic mass is 35.5. The first-order valence-corrected chi connectivity index (χ1v) is 7.69. The molecule has 0 unspecified atom stereocenters. The summed E-state index contributed by atoms with van der Waals surface area (Å²) >= 11 is 7.55. The molecule has 100 valence electrons. The van der Waals surface area contributed by atoms with Crippen LogP contribution in [0.2, 0.25) is 4.34 Å². The summed E-state index contributed by atoms with van der Waals surface area (Å²) in [5.41, 5.74) is 0. The van der Waals surface area contributed by atoms with Crippen LogP contribution in [-0.4, -0.2) is 25.6 Å². The molecule has 1 saturated carbocycles. The summed E-state index contributed by atoms with van der Waals surface area (Å²) in [6, 6.07) is 4.64. The van der Waals surface area contributed by atoms with Crippen molar-refractivity contribution in [2.75, 3.05) is 13.6 Å². The van der Waals surface area contributed by atoms with E-state index < -0.39 is 0 Å². The van der Waals surface area contributed by atoms with Crippen LogP contribution in [0.5, 0.6) is 0 Å². The fourth-order valence-corrected chi connectivity index (χ4v) is 3.34. The Kier molecular flexibility index (Phi) is 5.32. The standard InChI is InChI=1S/C13H20ClN3S/c1-15-13(17-10-4-2-3-5-10)16-9-8-11-6-7-12(14)18-11/h6-7,10H,2-5,8-9H2,1H3,(H2,15,16,17). The van der Waals surface area contributed by atoms with Gasteiger partial charge in [0.25, 0.3) is 0 Å². The van der Waals surface area contributed by atoms with Crippen LogP contribution in [0.3, 0.4) is 0 Å². The molecule has 1 aliphatic carbocycles. The number of rotatable bonds is 4. The molecule has 0 saturated heterocycles. The summed E-state index contributed by atoms with van der Waals surface area (Å²) in [6.45, 7) is 0.892. The summed E-state index contributed by atoms with van der Waals surface area (Å²) in [7, 11) is 1.83. The van der Waals surface area contributed by atoms with E-state index in [0.717, 1.165) is 23.3 Å². The molecule has 1 aliphatic rings. The first kappa shape index (κ1) is 13.7. The van der Waals surface area contributed by atoms with Gasteiger partial charge in [-0.2, -0.15) is 0 Å². The maximum Gasteiger partial charge on any atom is 0.191 e. The number of nitrogens with zero attached hydrogens (tertiary/aromatic N) is 1. The van der Waals surface area contributed by atoms with E-state index in [1.54, 1.807) is 11.3 Å². The minimum Gasteiger partial charge on any atom is -0.356 e. The summed E-state index contributed by atoms with van der Waals surface area (Å²) in [5, 5.41) is 6.83. The van der Waals surface area contributed by atoms with E-state index in [-0.39, 0.29) is 0 Å². The second-order valence-corrected chi connectivity index (χ2v) is 6.38. The van der Waals surface area contributed by atoms with E-state index in [4.69, 9.17) is 11.6 Å². The van der Waals surface area contributed by atoms with Crippen molar-refractivity contribution in [3.63, 3.8) is 0 Å². The molecule has 1 fully saturated rings. The number of thiophene rings is 1. The molecule has 0 spiro atoms. The molecule has 0 aliphatic heterocycles. The van der Waals surface area contributed by atoms with Gasteiger partial charge in [0.1, 0.15) is 0 Å². The van der Waals surface area contributed by atoms with Crippen molar-refractivity contribution in [1.82, 2.24) is 10.6 Å². The Morgan fingerprint density at radius 1 is 1.44 bits per heavy atom. The first-order valence-electron chi connectivity index (χ1n) is 6.49. The van der Waals surface area contributed by atoms with Crippen molar-refractivity contribution >= 4 is 28.9 Å². The first-order chi connectivity index (χ1) is 8.78. The van der Waals surface area contributed by atoms with Crippen molar-refractivity contribution in [3.05, 3.63) is 21.3 Å². The highest BCUT2D eigenvalue weighted by Gasteiger charge is 2.15. The van der Waals surface area contributed by atoms with Crippen LogP contribution >= 0.6 is 22.9 Å². The van der Waals surface area contributed by atoms with E-state index in [1.807, 2.05) is 13.1 Å². The molecule has 18 heavy (non-hydrogen) atoms. The molecular weight excluding hydrogens is 266 g/mol. The molecule has 0 amide bonds. The lowest BCUT2D eigenvalue weighted by Gasteiger charge is -2.16. The molecule has 0 radical (unpaired) electrons. The molecule has 1 aromatic heterocycles.